The molecular weight excluding hydrogens is 516 g/mol. The SMILES string of the molecule is O=C([O-])c1ccccc1-c1ccc(/C=c2\sc3n(c2=O)[C@@H](c2cccs2)C2=C(N=3)c3ccccc3CC2)o1. The molecule has 5 aromatic rings. The van der Waals surface area contributed by atoms with E-state index in [0.717, 1.165) is 29.0 Å². The van der Waals surface area contributed by atoms with Gasteiger partial charge in [-0.05, 0) is 47.6 Å². The highest BCUT2D eigenvalue weighted by Gasteiger charge is 2.33. The molecular formula is C30H19N2O4S2-. The number of carbonyl (C=O) groups excluding carboxylic acids is 1. The third-order valence-electron chi connectivity index (χ3n) is 7.00. The zero-order chi connectivity index (χ0) is 25.8. The van der Waals surface area contributed by atoms with Gasteiger partial charge in [0.05, 0.1) is 22.2 Å². The van der Waals surface area contributed by atoms with Crippen molar-refractivity contribution in [2.24, 2.45) is 4.99 Å². The van der Waals surface area contributed by atoms with Gasteiger partial charge in [0, 0.05) is 27.6 Å². The number of aromatic carboxylic acids is 1. The molecule has 1 aliphatic heterocycles. The summed E-state index contributed by atoms with van der Waals surface area (Å²) in [7, 11) is 0. The number of carboxylic acids is 1. The Hall–Kier alpha value is -4.27. The minimum Gasteiger partial charge on any atom is -0.545 e. The standard InChI is InChI=1S/C30H20N2O4S2/c33-28-25(16-18-12-14-23(36-18)20-8-3-4-9-21(20)29(34)35)38-30-31-26-19-7-2-1-6-17(19)11-13-22(26)27(32(28)30)24-10-5-15-37-24/h1-10,12,14-16,27H,11,13H2,(H,34,35)/p-1/b25-16-/t27-/m1/s1. The molecule has 0 fully saturated rings. The molecule has 0 radical (unpaired) electrons. The zero-order valence-corrected chi connectivity index (χ0v) is 21.6. The lowest BCUT2D eigenvalue weighted by atomic mass is 9.85. The lowest BCUT2D eigenvalue weighted by Crippen LogP contribution is -2.38. The van der Waals surface area contributed by atoms with Gasteiger partial charge >= 0.3 is 0 Å². The normalized spacial score (nSPS) is 16.5. The maximum absolute atomic E-state index is 13.8. The summed E-state index contributed by atoms with van der Waals surface area (Å²) in [5.41, 5.74) is 4.91. The number of thiazole rings is 1. The van der Waals surface area contributed by atoms with E-state index in [0.29, 0.717) is 26.4 Å². The Labute approximate surface area is 224 Å². The Balaban J connectivity index is 1.38. The van der Waals surface area contributed by atoms with Gasteiger partial charge in [0.2, 0.25) is 0 Å². The minimum absolute atomic E-state index is 0.0505. The van der Waals surface area contributed by atoms with E-state index in [-0.39, 0.29) is 17.2 Å². The lowest BCUT2D eigenvalue weighted by Gasteiger charge is -2.30. The Morgan fingerprint density at radius 3 is 2.63 bits per heavy atom. The number of rotatable bonds is 4. The van der Waals surface area contributed by atoms with Crippen molar-refractivity contribution in [3.8, 4) is 11.3 Å². The summed E-state index contributed by atoms with van der Waals surface area (Å²) >= 11 is 2.98. The largest absolute Gasteiger partial charge is 0.545 e. The van der Waals surface area contributed by atoms with Crippen molar-refractivity contribution in [3.05, 3.63) is 131 Å². The number of allylic oxidation sites excluding steroid dienone is 1. The van der Waals surface area contributed by atoms with Gasteiger partial charge in [0.25, 0.3) is 5.56 Å². The van der Waals surface area contributed by atoms with Crippen molar-refractivity contribution in [3.63, 3.8) is 0 Å². The smallest absolute Gasteiger partial charge is 0.271 e. The molecule has 0 amide bonds. The molecule has 7 rings (SSSR count). The van der Waals surface area contributed by atoms with Gasteiger partial charge in [0.1, 0.15) is 11.5 Å². The van der Waals surface area contributed by atoms with E-state index in [2.05, 4.69) is 24.3 Å². The third-order valence-corrected chi connectivity index (χ3v) is 8.91. The highest BCUT2D eigenvalue weighted by Crippen LogP contribution is 2.42. The first-order valence-electron chi connectivity index (χ1n) is 12.2. The van der Waals surface area contributed by atoms with E-state index in [1.54, 1.807) is 47.7 Å². The van der Waals surface area contributed by atoms with Crippen LogP contribution in [0.2, 0.25) is 0 Å². The van der Waals surface area contributed by atoms with Crippen LogP contribution in [0.1, 0.15) is 44.6 Å². The molecule has 0 saturated heterocycles. The van der Waals surface area contributed by atoms with E-state index < -0.39 is 5.97 Å². The Bertz CT molecular complexity index is 1940. The number of nitrogens with zero attached hydrogens (tertiary/aromatic N) is 2. The number of hydrogen-bond acceptors (Lipinski definition) is 7. The molecule has 0 N–H and O–H groups in total. The van der Waals surface area contributed by atoms with Crippen LogP contribution in [0.3, 0.4) is 0 Å². The second-order valence-corrected chi connectivity index (χ2v) is 11.2. The molecule has 186 valence electrons. The second-order valence-electron chi connectivity index (χ2n) is 9.16. The van der Waals surface area contributed by atoms with Gasteiger partial charge in [-0.1, -0.05) is 65.9 Å². The monoisotopic (exact) mass is 535 g/mol. The fourth-order valence-corrected chi connectivity index (χ4v) is 7.13. The Morgan fingerprint density at radius 1 is 1.00 bits per heavy atom. The molecule has 1 atom stereocenters. The van der Waals surface area contributed by atoms with Crippen LogP contribution < -0.4 is 20.0 Å². The number of carboxylic acid groups (broad SMARTS) is 1. The molecule has 38 heavy (non-hydrogen) atoms. The predicted molar refractivity (Wildman–Crippen MR) is 146 cm³/mol. The van der Waals surface area contributed by atoms with Gasteiger partial charge in [-0.2, -0.15) is 0 Å². The predicted octanol–water partition coefficient (Wildman–Crippen LogP) is 4.00. The molecule has 0 bridgehead atoms. The number of aromatic nitrogens is 1. The third kappa shape index (κ3) is 3.64. The highest BCUT2D eigenvalue weighted by atomic mass is 32.1. The van der Waals surface area contributed by atoms with E-state index >= 15 is 0 Å². The quantitative estimate of drug-likeness (QED) is 0.348. The maximum atomic E-state index is 13.8. The first-order chi connectivity index (χ1) is 18.6. The molecule has 6 nitrogen and oxygen atoms in total. The average Bonchev–Trinajstić information content (AvgIpc) is 3.69. The van der Waals surface area contributed by atoms with Crippen LogP contribution in [0.5, 0.6) is 0 Å². The number of benzene rings is 2. The van der Waals surface area contributed by atoms with Crippen LogP contribution >= 0.6 is 22.7 Å². The van der Waals surface area contributed by atoms with E-state index in [1.165, 1.54) is 28.5 Å². The average molecular weight is 536 g/mol. The van der Waals surface area contributed by atoms with Crippen molar-refractivity contribution in [1.29, 1.82) is 0 Å². The van der Waals surface area contributed by atoms with Crippen molar-refractivity contribution in [2.75, 3.05) is 0 Å². The molecule has 2 aliphatic rings. The van der Waals surface area contributed by atoms with Crippen LogP contribution in [0.4, 0.5) is 0 Å². The van der Waals surface area contributed by atoms with Crippen molar-refractivity contribution < 1.29 is 14.3 Å². The molecule has 0 spiro atoms. The summed E-state index contributed by atoms with van der Waals surface area (Å²) in [6, 6.07) is 22.2. The number of furan rings is 1. The van der Waals surface area contributed by atoms with Gasteiger partial charge in [-0.25, -0.2) is 4.99 Å². The highest BCUT2D eigenvalue weighted by molar-refractivity contribution is 7.10. The van der Waals surface area contributed by atoms with Gasteiger partial charge in [-0.15, -0.1) is 11.3 Å². The van der Waals surface area contributed by atoms with Crippen molar-refractivity contribution >= 4 is 40.4 Å². The van der Waals surface area contributed by atoms with Crippen LogP contribution in [-0.4, -0.2) is 10.5 Å². The Kier molecular flexibility index (Phi) is 5.38. The second kappa shape index (κ2) is 8.93. The molecule has 0 saturated carbocycles. The topological polar surface area (TPSA) is 87.6 Å². The van der Waals surface area contributed by atoms with Crippen LogP contribution in [-0.2, 0) is 6.42 Å². The Morgan fingerprint density at radius 2 is 1.82 bits per heavy atom. The van der Waals surface area contributed by atoms with Crippen LogP contribution in [0.25, 0.3) is 23.1 Å². The number of fused-ring (bicyclic) bond motifs is 3. The molecule has 2 aromatic carbocycles. The van der Waals surface area contributed by atoms with Crippen LogP contribution in [0, 0.1) is 0 Å². The fraction of sp³-hybridized carbons (Fsp3) is 0.100. The molecule has 4 heterocycles. The van der Waals surface area contributed by atoms with Crippen molar-refractivity contribution in [2.45, 2.75) is 18.9 Å². The first-order valence-corrected chi connectivity index (χ1v) is 13.9. The van der Waals surface area contributed by atoms with Crippen molar-refractivity contribution in [1.82, 2.24) is 4.57 Å². The zero-order valence-electron chi connectivity index (χ0n) is 19.9. The number of carbonyl (C=O) groups is 1. The van der Waals surface area contributed by atoms with Gasteiger partial charge < -0.3 is 14.3 Å². The van der Waals surface area contributed by atoms with Gasteiger partial charge in [0.15, 0.2) is 4.80 Å². The maximum Gasteiger partial charge on any atom is 0.271 e. The van der Waals surface area contributed by atoms with E-state index in [1.807, 2.05) is 22.1 Å². The van der Waals surface area contributed by atoms with E-state index in [4.69, 9.17) is 9.41 Å². The molecule has 3 aromatic heterocycles. The first kappa shape index (κ1) is 22.9. The molecule has 8 heteroatoms. The van der Waals surface area contributed by atoms with Gasteiger partial charge in [-0.3, -0.25) is 9.36 Å². The summed E-state index contributed by atoms with van der Waals surface area (Å²) in [5, 5.41) is 13.6. The number of hydrogen-bond donors (Lipinski definition) is 0. The summed E-state index contributed by atoms with van der Waals surface area (Å²) in [4.78, 5) is 32.1. The fourth-order valence-electron chi connectivity index (χ4n) is 5.30. The minimum atomic E-state index is -1.27. The summed E-state index contributed by atoms with van der Waals surface area (Å²) < 4.78 is 8.28. The number of thiophene rings is 1. The lowest BCUT2D eigenvalue weighted by molar-refractivity contribution is -0.254. The van der Waals surface area contributed by atoms with E-state index in [9.17, 15) is 14.7 Å². The summed E-state index contributed by atoms with van der Waals surface area (Å²) in [6.07, 6.45) is 3.47. The van der Waals surface area contributed by atoms with Crippen LogP contribution in [0.15, 0.2) is 98.0 Å². The summed E-state index contributed by atoms with van der Waals surface area (Å²) in [6.45, 7) is 0. The number of aryl methyl sites for hydroxylation is 1. The molecule has 0 unspecified atom stereocenters. The summed E-state index contributed by atoms with van der Waals surface area (Å²) in [5.74, 6) is -0.418. The molecule has 1 aliphatic carbocycles.